The van der Waals surface area contributed by atoms with Crippen molar-refractivity contribution in [2.45, 2.75) is 0 Å². The van der Waals surface area contributed by atoms with E-state index >= 15 is 0 Å². The highest BCUT2D eigenvalue weighted by Gasteiger charge is 1.70. The van der Waals surface area contributed by atoms with Crippen molar-refractivity contribution in [3.8, 4) is 0 Å². The van der Waals surface area contributed by atoms with E-state index in [-0.39, 0.29) is 12.6 Å². The maximum absolute atomic E-state index is 8.08. The Morgan fingerprint density at radius 3 is 2.62 bits per heavy atom. The van der Waals surface area contributed by atoms with Gasteiger partial charge in [0.1, 0.15) is 0 Å². The van der Waals surface area contributed by atoms with Crippen LogP contribution in [0, 0.1) is 0 Å². The minimum absolute atomic E-state index is 0.116. The van der Waals surface area contributed by atoms with Gasteiger partial charge in [0.15, 0.2) is 0 Å². The van der Waals surface area contributed by atoms with Crippen LogP contribution >= 0.6 is 0 Å². The lowest BCUT2D eigenvalue weighted by atomic mass is 10.8. The third-order valence-corrected chi connectivity index (χ3v) is 0.337. The van der Waals surface area contributed by atoms with Crippen LogP contribution in [0.2, 0.25) is 0 Å². The van der Waals surface area contributed by atoms with Gasteiger partial charge in [-0.05, 0) is 0 Å². The average Bonchev–Trinajstić information content (AvgIpc) is 1.66. The third kappa shape index (κ3) is 4.90. The van der Waals surface area contributed by atoms with Gasteiger partial charge in [-0.15, -0.1) is 5.10 Å². The molecule has 0 saturated heterocycles. The smallest absolute Gasteiger partial charge is 0.211 e. The number of aliphatic hydroxyl groups excluding tert-OH is 1. The van der Waals surface area contributed by atoms with Crippen LogP contribution in [-0.4, -0.2) is 23.9 Å². The van der Waals surface area contributed by atoms with Crippen LogP contribution in [0.25, 0.3) is 0 Å². The van der Waals surface area contributed by atoms with E-state index in [4.69, 9.17) is 16.6 Å². The fraction of sp³-hybridized carbons (Fsp3) is 0.333. The number of nitrogens with zero attached hydrogens (tertiary/aromatic N) is 2. The number of guanidine groups is 1. The van der Waals surface area contributed by atoms with Crippen LogP contribution in [0.3, 0.4) is 0 Å². The maximum Gasteiger partial charge on any atom is 0.211 e. The number of rotatable bonds is 2. The minimum atomic E-state index is -0.156. The largest absolute Gasteiger partial charge is 0.391 e. The SMILES string of the molecule is NC(N)=NN=CCO. The van der Waals surface area contributed by atoms with Gasteiger partial charge < -0.3 is 16.6 Å². The molecule has 0 spiro atoms. The molecule has 0 aliphatic heterocycles. The van der Waals surface area contributed by atoms with E-state index in [2.05, 4.69) is 10.2 Å². The Labute approximate surface area is 46.7 Å². The molecule has 5 nitrogen and oxygen atoms in total. The van der Waals surface area contributed by atoms with Gasteiger partial charge in [-0.1, -0.05) is 0 Å². The molecule has 0 unspecified atom stereocenters. The van der Waals surface area contributed by atoms with E-state index in [0.29, 0.717) is 0 Å². The van der Waals surface area contributed by atoms with Gasteiger partial charge in [-0.2, -0.15) is 5.10 Å². The molecule has 8 heavy (non-hydrogen) atoms. The van der Waals surface area contributed by atoms with Crippen LogP contribution in [0.1, 0.15) is 0 Å². The Kier molecular flexibility index (Phi) is 3.51. The molecule has 0 heterocycles. The molecule has 0 radical (unpaired) electrons. The summed E-state index contributed by atoms with van der Waals surface area (Å²) in [6.07, 6.45) is 1.18. The number of nitrogens with two attached hydrogens (primary N) is 2. The van der Waals surface area contributed by atoms with Gasteiger partial charge in [0.25, 0.3) is 0 Å². The third-order valence-electron chi connectivity index (χ3n) is 0.337. The molecule has 0 aliphatic carbocycles. The van der Waals surface area contributed by atoms with E-state index in [1.54, 1.807) is 0 Å². The molecule has 0 aromatic heterocycles. The van der Waals surface area contributed by atoms with Crippen molar-refractivity contribution >= 4 is 12.2 Å². The summed E-state index contributed by atoms with van der Waals surface area (Å²) in [5.41, 5.74) is 9.73. The highest BCUT2D eigenvalue weighted by Crippen LogP contribution is 1.63. The molecule has 5 N–H and O–H groups in total. The normalized spacial score (nSPS) is 9.62. The van der Waals surface area contributed by atoms with Crippen molar-refractivity contribution < 1.29 is 5.11 Å². The van der Waals surface area contributed by atoms with Crippen LogP contribution in [-0.2, 0) is 0 Å². The molecule has 46 valence electrons. The Bertz CT molecular complexity index is 104. The Morgan fingerprint density at radius 1 is 1.62 bits per heavy atom. The monoisotopic (exact) mass is 116 g/mol. The van der Waals surface area contributed by atoms with Crippen molar-refractivity contribution in [3.05, 3.63) is 0 Å². The maximum atomic E-state index is 8.08. The highest BCUT2D eigenvalue weighted by atomic mass is 16.3. The van der Waals surface area contributed by atoms with Crippen LogP contribution in [0.4, 0.5) is 0 Å². The topological polar surface area (TPSA) is 97.0 Å². The molecule has 0 rings (SSSR count). The highest BCUT2D eigenvalue weighted by molar-refractivity contribution is 5.76. The van der Waals surface area contributed by atoms with Gasteiger partial charge in [0.2, 0.25) is 5.96 Å². The molecule has 0 fully saturated rings. The predicted octanol–water partition coefficient (Wildman–Crippen LogP) is -1.76. The Balaban J connectivity index is 3.42. The van der Waals surface area contributed by atoms with Crippen LogP contribution in [0.15, 0.2) is 10.2 Å². The molecule has 0 aromatic carbocycles. The lowest BCUT2D eigenvalue weighted by Gasteiger charge is -1.80. The second-order valence-electron chi connectivity index (χ2n) is 1.01. The van der Waals surface area contributed by atoms with Crippen molar-refractivity contribution in [2.75, 3.05) is 6.61 Å². The summed E-state index contributed by atoms with van der Waals surface area (Å²) in [7, 11) is 0. The Morgan fingerprint density at radius 2 is 2.25 bits per heavy atom. The lowest BCUT2D eigenvalue weighted by Crippen LogP contribution is -2.21. The molecule has 5 heteroatoms. The lowest BCUT2D eigenvalue weighted by molar-refractivity contribution is 0.361. The molecule has 0 bridgehead atoms. The average molecular weight is 116 g/mol. The summed E-state index contributed by atoms with van der Waals surface area (Å²) >= 11 is 0. The summed E-state index contributed by atoms with van der Waals surface area (Å²) < 4.78 is 0. The van der Waals surface area contributed by atoms with Gasteiger partial charge in [-0.3, -0.25) is 0 Å². The van der Waals surface area contributed by atoms with E-state index < -0.39 is 0 Å². The summed E-state index contributed by atoms with van der Waals surface area (Å²) in [5.74, 6) is -0.116. The first-order valence-electron chi connectivity index (χ1n) is 1.98. The number of aliphatic hydroxyl groups is 1. The fourth-order valence-corrected chi connectivity index (χ4v) is 0.144. The number of hydrogen-bond donors (Lipinski definition) is 3. The standard InChI is InChI=1S/C3H8N4O/c4-3(5)7-6-1-2-8/h1,8H,2H2,(H4,4,5,7). The van der Waals surface area contributed by atoms with E-state index in [0.717, 1.165) is 0 Å². The molecular formula is C3H8N4O. The molecule has 0 aliphatic rings. The summed E-state index contributed by atoms with van der Waals surface area (Å²) in [6.45, 7) is -0.156. The van der Waals surface area contributed by atoms with E-state index in [1.165, 1.54) is 6.21 Å². The zero-order chi connectivity index (χ0) is 6.41. The van der Waals surface area contributed by atoms with Crippen molar-refractivity contribution in [2.24, 2.45) is 21.7 Å². The van der Waals surface area contributed by atoms with Crippen molar-refractivity contribution in [3.63, 3.8) is 0 Å². The molecule has 0 saturated carbocycles. The number of hydrogen-bond acceptors (Lipinski definition) is 3. The molecular weight excluding hydrogens is 108 g/mol. The quantitative estimate of drug-likeness (QED) is 0.226. The second-order valence-corrected chi connectivity index (χ2v) is 1.01. The van der Waals surface area contributed by atoms with Crippen LogP contribution in [0.5, 0.6) is 0 Å². The fourth-order valence-electron chi connectivity index (χ4n) is 0.144. The minimum Gasteiger partial charge on any atom is -0.391 e. The first-order chi connectivity index (χ1) is 3.77. The van der Waals surface area contributed by atoms with Crippen LogP contribution < -0.4 is 11.5 Å². The van der Waals surface area contributed by atoms with E-state index in [9.17, 15) is 0 Å². The summed E-state index contributed by atoms with van der Waals surface area (Å²) in [5, 5.41) is 14.5. The van der Waals surface area contributed by atoms with Gasteiger partial charge in [0, 0.05) is 0 Å². The predicted molar refractivity (Wildman–Crippen MR) is 31.4 cm³/mol. The first kappa shape index (κ1) is 6.90. The molecule has 0 atom stereocenters. The van der Waals surface area contributed by atoms with Gasteiger partial charge in [0.05, 0.1) is 12.8 Å². The molecule has 0 amide bonds. The van der Waals surface area contributed by atoms with Gasteiger partial charge in [-0.25, -0.2) is 0 Å². The Hall–Kier alpha value is -1.10. The van der Waals surface area contributed by atoms with E-state index in [1.807, 2.05) is 0 Å². The first-order valence-corrected chi connectivity index (χ1v) is 1.98. The molecule has 0 aromatic rings. The summed E-state index contributed by atoms with van der Waals surface area (Å²) in [4.78, 5) is 0. The zero-order valence-electron chi connectivity index (χ0n) is 4.28. The van der Waals surface area contributed by atoms with Crippen molar-refractivity contribution in [1.29, 1.82) is 0 Å². The summed E-state index contributed by atoms with van der Waals surface area (Å²) in [6, 6.07) is 0. The van der Waals surface area contributed by atoms with Crippen molar-refractivity contribution in [1.82, 2.24) is 0 Å². The zero-order valence-corrected chi connectivity index (χ0v) is 4.28. The van der Waals surface area contributed by atoms with Gasteiger partial charge >= 0.3 is 0 Å². The second kappa shape index (κ2) is 4.07.